The molecule has 37 heavy (non-hydrogen) atoms. The molecule has 1 N–H and O–H groups in total. The summed E-state index contributed by atoms with van der Waals surface area (Å²) in [5, 5.41) is 3.11. The van der Waals surface area contributed by atoms with E-state index >= 15 is 0 Å². The summed E-state index contributed by atoms with van der Waals surface area (Å²) in [7, 11) is 3.26. The van der Waals surface area contributed by atoms with E-state index in [0.29, 0.717) is 22.9 Å². The minimum atomic E-state index is -0.431. The molecule has 0 aliphatic heterocycles. The molecule has 1 aliphatic rings. The fourth-order valence-electron chi connectivity index (χ4n) is 4.96. The average molecular weight is 519 g/mol. The van der Waals surface area contributed by atoms with E-state index in [1.165, 1.54) is 22.8 Å². The first kappa shape index (κ1) is 24.9. The Kier molecular flexibility index (Phi) is 7.19. The summed E-state index contributed by atoms with van der Waals surface area (Å²) in [4.78, 5) is 12.8. The SMILES string of the molecule is COc1cc(OC)cc(-n2c(CCC(=O)NCc3c(F)cccc3Cl)cc3c2-c2ccccc2CC3)c1. The molecule has 3 aromatic carbocycles. The zero-order valence-electron chi connectivity index (χ0n) is 20.8. The number of methoxy groups -OCH3 is 2. The second kappa shape index (κ2) is 10.7. The summed E-state index contributed by atoms with van der Waals surface area (Å²) < 4.78 is 27.4. The van der Waals surface area contributed by atoms with Crippen LogP contribution in [0.25, 0.3) is 16.9 Å². The van der Waals surface area contributed by atoms with Crippen LogP contribution in [0, 0.1) is 5.82 Å². The van der Waals surface area contributed by atoms with Gasteiger partial charge in [-0.3, -0.25) is 4.79 Å². The number of nitrogens with one attached hydrogen (secondary N) is 1. The molecule has 1 heterocycles. The molecule has 0 bridgehead atoms. The van der Waals surface area contributed by atoms with Gasteiger partial charge in [0.15, 0.2) is 0 Å². The predicted molar refractivity (Wildman–Crippen MR) is 143 cm³/mol. The number of rotatable bonds is 8. The van der Waals surface area contributed by atoms with Gasteiger partial charge in [-0.25, -0.2) is 4.39 Å². The Hall–Kier alpha value is -3.77. The fraction of sp³-hybridized carbons (Fsp3) is 0.233. The van der Waals surface area contributed by atoms with Crippen molar-refractivity contribution in [3.8, 4) is 28.4 Å². The zero-order valence-corrected chi connectivity index (χ0v) is 21.6. The molecule has 0 spiro atoms. The normalized spacial score (nSPS) is 12.0. The van der Waals surface area contributed by atoms with Gasteiger partial charge in [0, 0.05) is 53.0 Å². The van der Waals surface area contributed by atoms with Crippen molar-refractivity contribution in [2.45, 2.75) is 32.2 Å². The molecule has 1 amide bonds. The molecular formula is C30H28ClFN2O3. The standard InChI is InChI=1S/C30H28ClFN2O3/c1-36-23-15-22(16-24(17-23)37-2)34-21(14-20-11-10-19-6-3-4-7-25(19)30(20)34)12-13-29(35)33-18-26-27(31)8-5-9-28(26)32/h3-9,14-17H,10-13,18H2,1-2H3,(H,33,35). The van der Waals surface area contributed by atoms with E-state index in [1.54, 1.807) is 26.4 Å². The van der Waals surface area contributed by atoms with E-state index in [0.717, 1.165) is 29.9 Å². The molecule has 0 atom stereocenters. The van der Waals surface area contributed by atoms with Crippen LogP contribution in [0.4, 0.5) is 4.39 Å². The molecule has 7 heteroatoms. The highest BCUT2D eigenvalue weighted by Crippen LogP contribution is 2.39. The minimum Gasteiger partial charge on any atom is -0.497 e. The van der Waals surface area contributed by atoms with Gasteiger partial charge in [-0.1, -0.05) is 41.9 Å². The third-order valence-corrected chi connectivity index (χ3v) is 7.17. The zero-order chi connectivity index (χ0) is 25.9. The van der Waals surface area contributed by atoms with Crippen molar-refractivity contribution in [3.63, 3.8) is 0 Å². The lowest BCUT2D eigenvalue weighted by Crippen LogP contribution is -2.24. The van der Waals surface area contributed by atoms with Crippen molar-refractivity contribution >= 4 is 17.5 Å². The number of fused-ring (bicyclic) bond motifs is 3. The molecule has 1 aromatic heterocycles. The van der Waals surface area contributed by atoms with Crippen molar-refractivity contribution < 1.29 is 18.7 Å². The smallest absolute Gasteiger partial charge is 0.220 e. The summed E-state index contributed by atoms with van der Waals surface area (Å²) in [6, 6.07) is 20.9. The first-order valence-electron chi connectivity index (χ1n) is 12.2. The van der Waals surface area contributed by atoms with Crippen LogP contribution in [0.3, 0.4) is 0 Å². The van der Waals surface area contributed by atoms with E-state index in [4.69, 9.17) is 21.1 Å². The van der Waals surface area contributed by atoms with Crippen LogP contribution in [-0.2, 0) is 30.6 Å². The Bertz CT molecular complexity index is 1420. The van der Waals surface area contributed by atoms with Gasteiger partial charge in [-0.15, -0.1) is 0 Å². The largest absolute Gasteiger partial charge is 0.497 e. The van der Waals surface area contributed by atoms with Gasteiger partial charge in [0.25, 0.3) is 0 Å². The van der Waals surface area contributed by atoms with E-state index in [-0.39, 0.29) is 24.4 Å². The summed E-state index contributed by atoms with van der Waals surface area (Å²) in [5.41, 5.74) is 7.07. The van der Waals surface area contributed by atoms with Crippen LogP contribution in [0.5, 0.6) is 11.5 Å². The highest BCUT2D eigenvalue weighted by atomic mass is 35.5. The maximum absolute atomic E-state index is 14.1. The lowest BCUT2D eigenvalue weighted by Gasteiger charge is -2.21. The molecule has 0 saturated carbocycles. The number of ether oxygens (including phenoxy) is 2. The Morgan fingerprint density at radius 2 is 1.70 bits per heavy atom. The predicted octanol–water partition coefficient (Wildman–Crippen LogP) is 6.30. The van der Waals surface area contributed by atoms with E-state index in [9.17, 15) is 9.18 Å². The summed E-state index contributed by atoms with van der Waals surface area (Å²) >= 11 is 6.11. The molecule has 0 saturated heterocycles. The van der Waals surface area contributed by atoms with Crippen LogP contribution < -0.4 is 14.8 Å². The first-order chi connectivity index (χ1) is 18.0. The van der Waals surface area contributed by atoms with Gasteiger partial charge in [0.2, 0.25) is 5.91 Å². The highest BCUT2D eigenvalue weighted by molar-refractivity contribution is 6.31. The van der Waals surface area contributed by atoms with E-state index < -0.39 is 5.82 Å². The maximum atomic E-state index is 14.1. The van der Waals surface area contributed by atoms with E-state index in [1.807, 2.05) is 18.2 Å². The number of hydrogen-bond acceptors (Lipinski definition) is 3. The van der Waals surface area contributed by atoms with Gasteiger partial charge in [-0.05, 0) is 48.6 Å². The molecule has 0 unspecified atom stereocenters. The Morgan fingerprint density at radius 1 is 0.973 bits per heavy atom. The number of carbonyl (C=O) groups is 1. The van der Waals surface area contributed by atoms with Crippen LogP contribution in [0.15, 0.2) is 66.7 Å². The maximum Gasteiger partial charge on any atom is 0.220 e. The van der Waals surface area contributed by atoms with Crippen LogP contribution in [0.1, 0.15) is 28.8 Å². The molecule has 1 aliphatic carbocycles. The van der Waals surface area contributed by atoms with Crippen LogP contribution >= 0.6 is 11.6 Å². The number of amides is 1. The Morgan fingerprint density at radius 3 is 2.43 bits per heavy atom. The second-order valence-electron chi connectivity index (χ2n) is 9.05. The quantitative estimate of drug-likeness (QED) is 0.298. The Labute approximate surface area is 220 Å². The van der Waals surface area contributed by atoms with Gasteiger partial charge < -0.3 is 19.4 Å². The van der Waals surface area contributed by atoms with Crippen molar-refractivity contribution in [1.82, 2.24) is 9.88 Å². The van der Waals surface area contributed by atoms with Crippen LogP contribution in [0.2, 0.25) is 5.02 Å². The molecule has 0 radical (unpaired) electrons. The number of aromatic nitrogens is 1. The number of benzene rings is 3. The van der Waals surface area contributed by atoms with Gasteiger partial charge in [0.05, 0.1) is 25.6 Å². The summed E-state index contributed by atoms with van der Waals surface area (Å²) in [5.74, 6) is 0.770. The third kappa shape index (κ3) is 5.07. The third-order valence-electron chi connectivity index (χ3n) is 6.82. The lowest BCUT2D eigenvalue weighted by atomic mass is 9.90. The molecule has 5 rings (SSSR count). The van der Waals surface area contributed by atoms with Gasteiger partial charge in [0.1, 0.15) is 17.3 Å². The molecule has 4 aromatic rings. The summed E-state index contributed by atoms with van der Waals surface area (Å²) in [6.07, 6.45) is 2.65. The average Bonchev–Trinajstić information content (AvgIpc) is 3.30. The fourth-order valence-corrected chi connectivity index (χ4v) is 5.19. The van der Waals surface area contributed by atoms with Crippen molar-refractivity contribution in [3.05, 3.63) is 100.0 Å². The number of halogens is 2. The van der Waals surface area contributed by atoms with Gasteiger partial charge in [-0.2, -0.15) is 0 Å². The Balaban J connectivity index is 1.47. The number of nitrogens with zero attached hydrogens (tertiary/aromatic N) is 1. The van der Waals surface area contributed by atoms with Crippen molar-refractivity contribution in [2.75, 3.05) is 14.2 Å². The highest BCUT2D eigenvalue weighted by Gasteiger charge is 2.24. The first-order valence-corrected chi connectivity index (χ1v) is 12.6. The van der Waals surface area contributed by atoms with Crippen LogP contribution in [-0.4, -0.2) is 24.7 Å². The van der Waals surface area contributed by atoms with Gasteiger partial charge >= 0.3 is 0 Å². The number of carbonyl (C=O) groups excluding carboxylic acids is 1. The molecule has 5 nitrogen and oxygen atoms in total. The topological polar surface area (TPSA) is 52.5 Å². The monoisotopic (exact) mass is 518 g/mol. The minimum absolute atomic E-state index is 0.0440. The molecule has 190 valence electrons. The molecule has 0 fully saturated rings. The van der Waals surface area contributed by atoms with E-state index in [2.05, 4.69) is 40.2 Å². The van der Waals surface area contributed by atoms with Crippen molar-refractivity contribution in [2.24, 2.45) is 0 Å². The number of aryl methyl sites for hydroxylation is 3. The van der Waals surface area contributed by atoms with Crippen molar-refractivity contribution in [1.29, 1.82) is 0 Å². The second-order valence-corrected chi connectivity index (χ2v) is 9.46. The number of hydrogen-bond donors (Lipinski definition) is 1. The molecular weight excluding hydrogens is 491 g/mol. The summed E-state index contributed by atoms with van der Waals surface area (Å²) in [6.45, 7) is 0.0440. The lowest BCUT2D eigenvalue weighted by molar-refractivity contribution is -0.121.